The van der Waals surface area contributed by atoms with Crippen molar-refractivity contribution in [1.82, 2.24) is 15.1 Å². The quantitative estimate of drug-likeness (QED) is 0.604. The number of hydrogen-bond donors (Lipinski definition) is 1. The van der Waals surface area contributed by atoms with Crippen molar-refractivity contribution in [2.24, 2.45) is 0 Å². The van der Waals surface area contributed by atoms with Crippen LogP contribution in [0.4, 0.5) is 0 Å². The third-order valence-corrected chi connectivity index (χ3v) is 4.61. The molecule has 0 unspecified atom stereocenters. The van der Waals surface area contributed by atoms with Gasteiger partial charge in [-0.2, -0.15) is 0 Å². The minimum absolute atomic E-state index is 0.118. The molecule has 1 fully saturated rings. The van der Waals surface area contributed by atoms with Crippen LogP contribution in [0.3, 0.4) is 0 Å². The van der Waals surface area contributed by atoms with E-state index in [-0.39, 0.29) is 30.7 Å². The van der Waals surface area contributed by atoms with E-state index in [2.05, 4.69) is 10.2 Å². The number of imide groups is 1. The van der Waals surface area contributed by atoms with Crippen molar-refractivity contribution in [3.63, 3.8) is 0 Å². The molecular formula is C18H23N3O3. The summed E-state index contributed by atoms with van der Waals surface area (Å²) in [6.45, 7) is 4.10. The van der Waals surface area contributed by atoms with Gasteiger partial charge in [0.2, 0.25) is 5.91 Å². The van der Waals surface area contributed by atoms with Crippen molar-refractivity contribution in [1.29, 1.82) is 0 Å². The average molecular weight is 329 g/mol. The smallest absolute Gasteiger partial charge is 0.261 e. The summed E-state index contributed by atoms with van der Waals surface area (Å²) in [5, 5.41) is 2.87. The number of hydrogen-bond acceptors (Lipinski definition) is 4. The Morgan fingerprint density at radius 3 is 2.25 bits per heavy atom. The number of nitrogens with zero attached hydrogens (tertiary/aromatic N) is 2. The number of carbonyl (C=O) groups excluding carboxylic acids is 3. The Kier molecular flexibility index (Phi) is 5.25. The molecule has 1 saturated heterocycles. The van der Waals surface area contributed by atoms with E-state index in [1.54, 1.807) is 24.3 Å². The second kappa shape index (κ2) is 7.57. The molecule has 6 nitrogen and oxygen atoms in total. The fraction of sp³-hybridized carbons (Fsp3) is 0.500. The predicted octanol–water partition coefficient (Wildman–Crippen LogP) is 1.27. The summed E-state index contributed by atoms with van der Waals surface area (Å²) < 4.78 is 0. The topological polar surface area (TPSA) is 69.7 Å². The fourth-order valence-electron chi connectivity index (χ4n) is 3.28. The standard InChI is InChI=1S/C18H23N3O3/c22-16(19-9-5-12-20-10-3-4-11-20)8-13-21-17(23)14-6-1-2-7-15(14)18(21)24/h1-2,6-7H,3-5,8-13H2,(H,19,22). The zero-order valence-corrected chi connectivity index (χ0v) is 13.8. The monoisotopic (exact) mass is 329 g/mol. The number of amides is 3. The van der Waals surface area contributed by atoms with Gasteiger partial charge in [-0.3, -0.25) is 19.3 Å². The maximum absolute atomic E-state index is 12.2. The molecule has 2 aliphatic heterocycles. The summed E-state index contributed by atoms with van der Waals surface area (Å²) in [4.78, 5) is 39.9. The lowest BCUT2D eigenvalue weighted by atomic mass is 10.1. The van der Waals surface area contributed by atoms with Gasteiger partial charge < -0.3 is 10.2 Å². The molecule has 128 valence electrons. The van der Waals surface area contributed by atoms with Crippen LogP contribution in [0.25, 0.3) is 0 Å². The minimum Gasteiger partial charge on any atom is -0.356 e. The van der Waals surface area contributed by atoms with Gasteiger partial charge in [0.25, 0.3) is 11.8 Å². The molecule has 2 heterocycles. The van der Waals surface area contributed by atoms with Crippen LogP contribution in [-0.2, 0) is 4.79 Å². The van der Waals surface area contributed by atoms with Crippen LogP contribution in [0, 0.1) is 0 Å². The molecule has 0 saturated carbocycles. The molecule has 3 amide bonds. The summed E-state index contributed by atoms with van der Waals surface area (Å²) in [7, 11) is 0. The van der Waals surface area contributed by atoms with Crippen LogP contribution in [-0.4, -0.2) is 60.2 Å². The van der Waals surface area contributed by atoms with E-state index in [0.717, 1.165) is 31.0 Å². The largest absolute Gasteiger partial charge is 0.356 e. The summed E-state index contributed by atoms with van der Waals surface area (Å²) in [5.41, 5.74) is 0.849. The van der Waals surface area contributed by atoms with Gasteiger partial charge >= 0.3 is 0 Å². The van der Waals surface area contributed by atoms with Gasteiger partial charge in [-0.25, -0.2) is 0 Å². The number of carbonyl (C=O) groups is 3. The molecule has 0 spiro atoms. The summed E-state index contributed by atoms with van der Waals surface area (Å²) in [5.74, 6) is -0.733. The Hall–Kier alpha value is -2.21. The second-order valence-corrected chi connectivity index (χ2v) is 6.31. The van der Waals surface area contributed by atoms with Gasteiger partial charge in [0.1, 0.15) is 0 Å². The Morgan fingerprint density at radius 2 is 1.62 bits per heavy atom. The number of fused-ring (bicyclic) bond motifs is 1. The van der Waals surface area contributed by atoms with Crippen molar-refractivity contribution in [3.8, 4) is 0 Å². The van der Waals surface area contributed by atoms with E-state index < -0.39 is 0 Å². The highest BCUT2D eigenvalue weighted by Gasteiger charge is 2.34. The molecule has 0 radical (unpaired) electrons. The van der Waals surface area contributed by atoms with Crippen LogP contribution in [0.15, 0.2) is 24.3 Å². The summed E-state index contributed by atoms with van der Waals surface area (Å²) in [6, 6.07) is 6.77. The SMILES string of the molecule is O=C(CCN1C(=O)c2ccccc2C1=O)NCCCN1CCCC1. The maximum atomic E-state index is 12.2. The molecule has 0 aromatic heterocycles. The summed E-state index contributed by atoms with van der Waals surface area (Å²) in [6.07, 6.45) is 3.62. The lowest BCUT2D eigenvalue weighted by Crippen LogP contribution is -2.35. The van der Waals surface area contributed by atoms with Crippen LogP contribution < -0.4 is 5.32 Å². The van der Waals surface area contributed by atoms with Crippen LogP contribution in [0.1, 0.15) is 46.4 Å². The zero-order chi connectivity index (χ0) is 16.9. The van der Waals surface area contributed by atoms with Gasteiger partial charge in [-0.05, 0) is 51.0 Å². The van der Waals surface area contributed by atoms with Gasteiger partial charge in [0.05, 0.1) is 11.1 Å². The lowest BCUT2D eigenvalue weighted by molar-refractivity contribution is -0.121. The van der Waals surface area contributed by atoms with Crippen molar-refractivity contribution < 1.29 is 14.4 Å². The fourth-order valence-corrected chi connectivity index (χ4v) is 3.28. The first-order valence-corrected chi connectivity index (χ1v) is 8.61. The lowest BCUT2D eigenvalue weighted by Gasteiger charge is -2.15. The normalized spacial score (nSPS) is 17.4. The molecule has 1 N–H and O–H groups in total. The summed E-state index contributed by atoms with van der Waals surface area (Å²) >= 11 is 0. The van der Waals surface area contributed by atoms with Gasteiger partial charge in [0.15, 0.2) is 0 Å². The van der Waals surface area contributed by atoms with E-state index >= 15 is 0 Å². The number of rotatable bonds is 7. The Bertz CT molecular complexity index is 603. The molecule has 0 atom stereocenters. The van der Waals surface area contributed by atoms with Crippen molar-refractivity contribution in [2.45, 2.75) is 25.7 Å². The number of benzene rings is 1. The highest BCUT2D eigenvalue weighted by molar-refractivity contribution is 6.21. The first-order chi connectivity index (χ1) is 11.7. The molecule has 2 aliphatic rings. The number of nitrogens with one attached hydrogen (secondary N) is 1. The van der Waals surface area contributed by atoms with Crippen LogP contribution in [0.5, 0.6) is 0 Å². The van der Waals surface area contributed by atoms with E-state index in [0.29, 0.717) is 17.7 Å². The van der Waals surface area contributed by atoms with E-state index in [1.807, 2.05) is 0 Å². The molecule has 0 aliphatic carbocycles. The Morgan fingerprint density at radius 1 is 1.00 bits per heavy atom. The Balaban J connectivity index is 1.39. The molecule has 3 rings (SSSR count). The van der Waals surface area contributed by atoms with Crippen molar-refractivity contribution >= 4 is 17.7 Å². The number of likely N-dealkylation sites (tertiary alicyclic amines) is 1. The van der Waals surface area contributed by atoms with Crippen LogP contribution >= 0.6 is 0 Å². The zero-order valence-electron chi connectivity index (χ0n) is 13.8. The molecule has 0 bridgehead atoms. The first-order valence-electron chi connectivity index (χ1n) is 8.61. The molecule has 1 aromatic carbocycles. The first kappa shape index (κ1) is 16.6. The average Bonchev–Trinajstić information content (AvgIpc) is 3.19. The van der Waals surface area contributed by atoms with Gasteiger partial charge in [-0.1, -0.05) is 12.1 Å². The Labute approximate surface area is 141 Å². The maximum Gasteiger partial charge on any atom is 0.261 e. The highest BCUT2D eigenvalue weighted by Crippen LogP contribution is 2.22. The van der Waals surface area contributed by atoms with Crippen molar-refractivity contribution in [2.75, 3.05) is 32.7 Å². The predicted molar refractivity (Wildman–Crippen MR) is 89.7 cm³/mol. The highest BCUT2D eigenvalue weighted by atomic mass is 16.2. The van der Waals surface area contributed by atoms with Crippen molar-refractivity contribution in [3.05, 3.63) is 35.4 Å². The van der Waals surface area contributed by atoms with Crippen LogP contribution in [0.2, 0.25) is 0 Å². The van der Waals surface area contributed by atoms with E-state index in [9.17, 15) is 14.4 Å². The van der Waals surface area contributed by atoms with Gasteiger partial charge in [0, 0.05) is 19.5 Å². The van der Waals surface area contributed by atoms with Gasteiger partial charge in [-0.15, -0.1) is 0 Å². The second-order valence-electron chi connectivity index (χ2n) is 6.31. The van der Waals surface area contributed by atoms with E-state index in [1.165, 1.54) is 12.8 Å². The minimum atomic E-state index is -0.308. The molecular weight excluding hydrogens is 306 g/mol. The molecule has 1 aromatic rings. The van der Waals surface area contributed by atoms with E-state index in [4.69, 9.17) is 0 Å². The molecule has 24 heavy (non-hydrogen) atoms. The molecule has 6 heteroatoms. The third-order valence-electron chi connectivity index (χ3n) is 4.61. The third kappa shape index (κ3) is 3.64.